The Morgan fingerprint density at radius 1 is 1.64 bits per heavy atom. The van der Waals surface area contributed by atoms with Gasteiger partial charge in [0.1, 0.15) is 0 Å². The van der Waals surface area contributed by atoms with Gasteiger partial charge in [0.2, 0.25) is 0 Å². The molecule has 0 aliphatic heterocycles. The van der Waals surface area contributed by atoms with E-state index >= 15 is 0 Å². The lowest BCUT2D eigenvalue weighted by Crippen LogP contribution is -2.15. The zero-order chi connectivity index (χ0) is 8.48. The second kappa shape index (κ2) is 2.39. The summed E-state index contributed by atoms with van der Waals surface area (Å²) in [7, 11) is 0. The molecular weight excluding hydrogens is 138 g/mol. The first-order valence-electron chi connectivity index (χ1n) is 3.49. The summed E-state index contributed by atoms with van der Waals surface area (Å²) in [6.45, 7) is 5.63. The third-order valence-electron chi connectivity index (χ3n) is 1.70. The number of nitrogens with zero attached hydrogens (tertiary/aromatic N) is 2. The molecule has 0 aliphatic rings. The number of aromatic amines is 1. The molecule has 0 spiro atoms. The predicted octanol–water partition coefficient (Wildman–Crippen LogP) is 1.52. The number of hydrogen-bond donors (Lipinski definition) is 1. The number of rotatable bonds is 1. The highest BCUT2D eigenvalue weighted by Crippen LogP contribution is 2.21. The van der Waals surface area contributed by atoms with Crippen molar-refractivity contribution in [3.05, 3.63) is 17.7 Å². The number of nitriles is 1. The van der Waals surface area contributed by atoms with Gasteiger partial charge < -0.3 is 4.98 Å². The summed E-state index contributed by atoms with van der Waals surface area (Å²) in [5, 5.41) is 8.79. The van der Waals surface area contributed by atoms with Gasteiger partial charge in [0.15, 0.2) is 0 Å². The second-order valence-corrected chi connectivity index (χ2v) is 3.11. The predicted molar refractivity (Wildman–Crippen MR) is 42.0 cm³/mol. The van der Waals surface area contributed by atoms with Crippen LogP contribution < -0.4 is 0 Å². The maximum Gasteiger partial charge on any atom is 0.0955 e. The number of nitrogens with one attached hydrogen (secondary N) is 1. The largest absolute Gasteiger partial charge is 0.348 e. The van der Waals surface area contributed by atoms with Gasteiger partial charge in [0.25, 0.3) is 0 Å². The lowest BCUT2D eigenvalue weighted by atomic mass is 9.90. The van der Waals surface area contributed by atoms with Crippen molar-refractivity contribution in [3.63, 3.8) is 0 Å². The van der Waals surface area contributed by atoms with Gasteiger partial charge >= 0.3 is 0 Å². The van der Waals surface area contributed by atoms with E-state index in [-0.39, 0.29) is 0 Å². The van der Waals surface area contributed by atoms with Gasteiger partial charge in [-0.25, -0.2) is 4.98 Å². The van der Waals surface area contributed by atoms with Gasteiger partial charge in [-0.05, 0) is 20.8 Å². The van der Waals surface area contributed by atoms with Gasteiger partial charge in [0.05, 0.1) is 23.5 Å². The standard InChI is InChI=1S/C8H11N3/c1-6-7(11-5-10-6)8(2,3)4-9/h5H,1-3H3,(H,10,11). The Morgan fingerprint density at radius 3 is 2.64 bits per heavy atom. The zero-order valence-electron chi connectivity index (χ0n) is 6.97. The van der Waals surface area contributed by atoms with Crippen LogP contribution in [0.1, 0.15) is 25.2 Å². The monoisotopic (exact) mass is 149 g/mol. The fourth-order valence-corrected chi connectivity index (χ4v) is 1.04. The SMILES string of the molecule is Cc1[nH]cnc1C(C)(C)C#N. The zero-order valence-corrected chi connectivity index (χ0v) is 6.97. The molecule has 0 unspecified atom stereocenters. The molecule has 0 saturated carbocycles. The summed E-state index contributed by atoms with van der Waals surface area (Å²) in [6.07, 6.45) is 1.61. The van der Waals surface area contributed by atoms with Gasteiger partial charge in [-0.3, -0.25) is 0 Å². The van der Waals surface area contributed by atoms with E-state index in [1.807, 2.05) is 20.8 Å². The Balaban J connectivity index is 3.13. The van der Waals surface area contributed by atoms with Crippen molar-refractivity contribution >= 4 is 0 Å². The van der Waals surface area contributed by atoms with Gasteiger partial charge in [0, 0.05) is 5.69 Å². The van der Waals surface area contributed by atoms with Gasteiger partial charge in [-0.15, -0.1) is 0 Å². The maximum absolute atomic E-state index is 8.79. The van der Waals surface area contributed by atoms with Crippen LogP contribution in [-0.2, 0) is 5.41 Å². The molecule has 0 aliphatic carbocycles. The first-order valence-corrected chi connectivity index (χ1v) is 3.49. The van der Waals surface area contributed by atoms with E-state index in [0.717, 1.165) is 11.4 Å². The molecule has 3 heteroatoms. The van der Waals surface area contributed by atoms with Crippen LogP contribution in [0.25, 0.3) is 0 Å². The molecule has 1 heterocycles. The van der Waals surface area contributed by atoms with E-state index in [1.54, 1.807) is 6.33 Å². The van der Waals surface area contributed by atoms with Gasteiger partial charge in [-0.1, -0.05) is 0 Å². The molecule has 0 saturated heterocycles. The first-order chi connectivity index (χ1) is 5.08. The van der Waals surface area contributed by atoms with E-state index in [1.165, 1.54) is 0 Å². The average molecular weight is 149 g/mol. The van der Waals surface area contributed by atoms with Crippen molar-refractivity contribution in [2.45, 2.75) is 26.2 Å². The number of hydrogen-bond acceptors (Lipinski definition) is 2. The van der Waals surface area contributed by atoms with Crippen LogP contribution in [0.3, 0.4) is 0 Å². The molecule has 0 aromatic carbocycles. The van der Waals surface area contributed by atoms with Crippen LogP contribution in [-0.4, -0.2) is 9.97 Å². The van der Waals surface area contributed by atoms with Crippen molar-refractivity contribution in [3.8, 4) is 6.07 Å². The Kier molecular flexibility index (Phi) is 1.69. The van der Waals surface area contributed by atoms with Crippen LogP contribution >= 0.6 is 0 Å². The quantitative estimate of drug-likeness (QED) is 0.658. The minimum Gasteiger partial charge on any atom is -0.348 e. The first kappa shape index (κ1) is 7.80. The van der Waals surface area contributed by atoms with E-state index in [2.05, 4.69) is 16.0 Å². The summed E-state index contributed by atoms with van der Waals surface area (Å²) < 4.78 is 0. The highest BCUT2D eigenvalue weighted by Gasteiger charge is 2.23. The third-order valence-corrected chi connectivity index (χ3v) is 1.70. The van der Waals surface area contributed by atoms with Gasteiger partial charge in [-0.2, -0.15) is 5.26 Å². The van der Waals surface area contributed by atoms with Crippen LogP contribution in [0, 0.1) is 18.3 Å². The fourth-order valence-electron chi connectivity index (χ4n) is 1.04. The van der Waals surface area contributed by atoms with E-state index < -0.39 is 5.41 Å². The molecule has 0 bridgehead atoms. The topological polar surface area (TPSA) is 52.5 Å². The summed E-state index contributed by atoms with van der Waals surface area (Å²) in [4.78, 5) is 7.03. The number of H-pyrrole nitrogens is 1. The van der Waals surface area contributed by atoms with Crippen molar-refractivity contribution in [2.24, 2.45) is 0 Å². The molecule has 1 N–H and O–H groups in total. The fraction of sp³-hybridized carbons (Fsp3) is 0.500. The molecule has 11 heavy (non-hydrogen) atoms. The lowest BCUT2D eigenvalue weighted by molar-refractivity contribution is 0.658. The highest BCUT2D eigenvalue weighted by molar-refractivity contribution is 5.26. The van der Waals surface area contributed by atoms with Crippen molar-refractivity contribution in [1.29, 1.82) is 5.26 Å². The number of aryl methyl sites for hydroxylation is 1. The molecule has 0 amide bonds. The smallest absolute Gasteiger partial charge is 0.0955 e. The summed E-state index contributed by atoms with van der Waals surface area (Å²) in [5.41, 5.74) is 1.32. The molecule has 1 rings (SSSR count). The summed E-state index contributed by atoms with van der Waals surface area (Å²) in [5.74, 6) is 0. The molecule has 1 aromatic rings. The molecule has 0 radical (unpaired) electrons. The van der Waals surface area contributed by atoms with Crippen LogP contribution in [0.5, 0.6) is 0 Å². The van der Waals surface area contributed by atoms with Crippen LogP contribution in [0.15, 0.2) is 6.33 Å². The van der Waals surface area contributed by atoms with E-state index in [4.69, 9.17) is 5.26 Å². The summed E-state index contributed by atoms with van der Waals surface area (Å²) in [6, 6.07) is 2.20. The van der Waals surface area contributed by atoms with Crippen molar-refractivity contribution in [2.75, 3.05) is 0 Å². The number of imidazole rings is 1. The van der Waals surface area contributed by atoms with E-state index in [0.29, 0.717) is 0 Å². The molecular formula is C8H11N3. The molecule has 0 fully saturated rings. The molecule has 3 nitrogen and oxygen atoms in total. The number of aromatic nitrogens is 2. The second-order valence-electron chi connectivity index (χ2n) is 3.11. The van der Waals surface area contributed by atoms with Crippen LogP contribution in [0.4, 0.5) is 0 Å². The molecule has 58 valence electrons. The Bertz CT molecular complexity index is 291. The average Bonchev–Trinajstić information content (AvgIpc) is 2.36. The van der Waals surface area contributed by atoms with Crippen molar-refractivity contribution in [1.82, 2.24) is 9.97 Å². The Labute approximate surface area is 66.1 Å². The van der Waals surface area contributed by atoms with Crippen molar-refractivity contribution < 1.29 is 0 Å². The minimum atomic E-state index is -0.482. The Morgan fingerprint density at radius 2 is 2.27 bits per heavy atom. The summed E-state index contributed by atoms with van der Waals surface area (Å²) >= 11 is 0. The molecule has 1 aromatic heterocycles. The van der Waals surface area contributed by atoms with E-state index in [9.17, 15) is 0 Å². The lowest BCUT2D eigenvalue weighted by Gasteiger charge is -2.12. The minimum absolute atomic E-state index is 0.482. The maximum atomic E-state index is 8.79. The normalized spacial score (nSPS) is 11.1. The Hall–Kier alpha value is -1.30. The van der Waals surface area contributed by atoms with Crippen LogP contribution in [0.2, 0.25) is 0 Å². The molecule has 0 atom stereocenters. The third kappa shape index (κ3) is 1.25. The highest BCUT2D eigenvalue weighted by atomic mass is 14.9.